The van der Waals surface area contributed by atoms with Crippen LogP contribution in [0.1, 0.15) is 10.5 Å². The number of nitrogens with one attached hydrogen (secondary N) is 1. The fraction of sp³-hybridized carbons (Fsp3) is 0.143. The number of rotatable bonds is 2. The average molecular weight is 180 g/mol. The summed E-state index contributed by atoms with van der Waals surface area (Å²) in [5.74, 6) is -0.307. The molecule has 0 fully saturated rings. The van der Waals surface area contributed by atoms with Crippen molar-refractivity contribution >= 4 is 18.5 Å². The largest absolute Gasteiger partial charge is 0.490 e. The van der Waals surface area contributed by atoms with Gasteiger partial charge in [0, 0.05) is 18.7 Å². The Kier molecular flexibility index (Phi) is 3.00. The topological polar surface area (TPSA) is 82.5 Å². The van der Waals surface area contributed by atoms with Crippen LogP contribution in [0, 0.1) is 0 Å². The van der Waals surface area contributed by atoms with E-state index in [0.717, 1.165) is 0 Å². The van der Waals surface area contributed by atoms with Crippen LogP contribution in [0.15, 0.2) is 18.3 Å². The molecule has 0 aliphatic rings. The molecule has 0 aliphatic heterocycles. The SMILES string of the molecule is CNC(=O)c1ccc(B(O)O)cn1. The van der Waals surface area contributed by atoms with Crippen molar-refractivity contribution < 1.29 is 14.8 Å². The van der Waals surface area contributed by atoms with Gasteiger partial charge in [0.15, 0.2) is 0 Å². The third kappa shape index (κ3) is 2.27. The molecular weight excluding hydrogens is 171 g/mol. The highest BCUT2D eigenvalue weighted by molar-refractivity contribution is 6.58. The molecule has 1 amide bonds. The van der Waals surface area contributed by atoms with E-state index in [9.17, 15) is 4.79 Å². The molecule has 1 rings (SSSR count). The summed E-state index contributed by atoms with van der Waals surface area (Å²) in [7, 11) is -0.0510. The van der Waals surface area contributed by atoms with Crippen LogP contribution in [0.5, 0.6) is 0 Å². The summed E-state index contributed by atoms with van der Waals surface area (Å²) in [6.07, 6.45) is 1.25. The van der Waals surface area contributed by atoms with Gasteiger partial charge in [-0.2, -0.15) is 0 Å². The maximum Gasteiger partial charge on any atom is 0.490 e. The van der Waals surface area contributed by atoms with Gasteiger partial charge in [-0.05, 0) is 6.07 Å². The lowest BCUT2D eigenvalue weighted by Crippen LogP contribution is -2.31. The van der Waals surface area contributed by atoms with Crippen LogP contribution in [0.25, 0.3) is 0 Å². The van der Waals surface area contributed by atoms with Crippen LogP contribution in [0.2, 0.25) is 0 Å². The second-order valence-electron chi connectivity index (χ2n) is 2.43. The summed E-state index contributed by atoms with van der Waals surface area (Å²) < 4.78 is 0. The number of hydrogen-bond acceptors (Lipinski definition) is 4. The summed E-state index contributed by atoms with van der Waals surface area (Å²) in [5.41, 5.74) is 0.500. The number of aromatic nitrogens is 1. The van der Waals surface area contributed by atoms with Crippen molar-refractivity contribution in [3.8, 4) is 0 Å². The lowest BCUT2D eigenvalue weighted by molar-refractivity contribution is 0.0958. The standard InChI is InChI=1S/C7H9BN2O3/c1-9-7(11)6-3-2-5(4-10-6)8(12)13/h2-4,12-13H,1H3,(H,9,11). The molecule has 1 aromatic heterocycles. The fourth-order valence-corrected chi connectivity index (χ4v) is 0.820. The van der Waals surface area contributed by atoms with E-state index in [0.29, 0.717) is 0 Å². The van der Waals surface area contributed by atoms with Crippen molar-refractivity contribution in [1.82, 2.24) is 10.3 Å². The van der Waals surface area contributed by atoms with Crippen molar-refractivity contribution in [3.63, 3.8) is 0 Å². The quantitative estimate of drug-likeness (QED) is 0.465. The molecule has 0 radical (unpaired) electrons. The van der Waals surface area contributed by atoms with Crippen molar-refractivity contribution in [2.75, 3.05) is 7.05 Å². The van der Waals surface area contributed by atoms with Crippen molar-refractivity contribution in [1.29, 1.82) is 0 Å². The van der Waals surface area contributed by atoms with Gasteiger partial charge in [0.05, 0.1) is 0 Å². The van der Waals surface area contributed by atoms with Crippen molar-refractivity contribution in [3.05, 3.63) is 24.0 Å². The molecule has 0 saturated carbocycles. The molecule has 0 bridgehead atoms. The molecule has 1 aromatic rings. The Morgan fingerprint density at radius 1 is 1.54 bits per heavy atom. The highest BCUT2D eigenvalue weighted by atomic mass is 16.4. The van der Waals surface area contributed by atoms with Crippen LogP contribution in [-0.2, 0) is 0 Å². The van der Waals surface area contributed by atoms with E-state index < -0.39 is 7.12 Å². The van der Waals surface area contributed by atoms with Gasteiger partial charge in [-0.3, -0.25) is 9.78 Å². The lowest BCUT2D eigenvalue weighted by Gasteiger charge is -2.00. The Morgan fingerprint density at radius 3 is 2.62 bits per heavy atom. The second-order valence-corrected chi connectivity index (χ2v) is 2.43. The first-order valence-corrected chi connectivity index (χ1v) is 3.69. The minimum atomic E-state index is -1.55. The Bertz CT molecular complexity index is 299. The number of carbonyl (C=O) groups excluding carboxylic acids is 1. The molecule has 68 valence electrons. The molecule has 6 heteroatoms. The van der Waals surface area contributed by atoms with Crippen molar-refractivity contribution in [2.45, 2.75) is 0 Å². The van der Waals surface area contributed by atoms with E-state index in [1.54, 1.807) is 0 Å². The normalized spacial score (nSPS) is 9.46. The van der Waals surface area contributed by atoms with E-state index in [-0.39, 0.29) is 17.1 Å². The number of nitrogens with zero attached hydrogens (tertiary/aromatic N) is 1. The third-order valence-electron chi connectivity index (χ3n) is 1.54. The highest BCUT2D eigenvalue weighted by Gasteiger charge is 2.12. The molecule has 0 aliphatic carbocycles. The summed E-state index contributed by atoms with van der Waals surface area (Å²) in [6.45, 7) is 0. The molecule has 0 atom stereocenters. The molecule has 0 aromatic carbocycles. The molecule has 0 unspecified atom stereocenters. The highest BCUT2D eigenvalue weighted by Crippen LogP contribution is 1.91. The van der Waals surface area contributed by atoms with E-state index in [1.807, 2.05) is 0 Å². The molecule has 5 nitrogen and oxygen atoms in total. The Hall–Kier alpha value is -1.40. The first kappa shape index (κ1) is 9.69. The van der Waals surface area contributed by atoms with Gasteiger partial charge in [-0.15, -0.1) is 0 Å². The molecule has 0 saturated heterocycles. The predicted octanol–water partition coefficient (Wildman–Crippen LogP) is -1.88. The Morgan fingerprint density at radius 2 is 2.23 bits per heavy atom. The maximum absolute atomic E-state index is 11.0. The first-order chi connectivity index (χ1) is 6.15. The lowest BCUT2D eigenvalue weighted by atomic mass is 9.82. The van der Waals surface area contributed by atoms with Gasteiger partial charge < -0.3 is 15.4 Å². The predicted molar refractivity (Wildman–Crippen MR) is 47.5 cm³/mol. The number of pyridine rings is 1. The van der Waals surface area contributed by atoms with Crippen LogP contribution in [0.3, 0.4) is 0 Å². The smallest absolute Gasteiger partial charge is 0.423 e. The Balaban J connectivity index is 2.87. The second kappa shape index (κ2) is 4.02. The summed E-state index contributed by atoms with van der Waals surface area (Å²) in [4.78, 5) is 14.7. The fourth-order valence-electron chi connectivity index (χ4n) is 0.820. The molecule has 0 spiro atoms. The van der Waals surface area contributed by atoms with Gasteiger partial charge >= 0.3 is 7.12 Å². The summed E-state index contributed by atoms with van der Waals surface area (Å²) in [6, 6.07) is 2.86. The van der Waals surface area contributed by atoms with Crippen LogP contribution in [0.4, 0.5) is 0 Å². The third-order valence-corrected chi connectivity index (χ3v) is 1.54. The van der Waals surface area contributed by atoms with E-state index in [2.05, 4.69) is 10.3 Å². The van der Waals surface area contributed by atoms with Gasteiger partial charge in [-0.25, -0.2) is 0 Å². The van der Waals surface area contributed by atoms with E-state index in [1.165, 1.54) is 25.4 Å². The zero-order valence-electron chi connectivity index (χ0n) is 7.06. The van der Waals surface area contributed by atoms with Crippen LogP contribution in [-0.4, -0.2) is 35.1 Å². The Labute approximate surface area is 75.6 Å². The van der Waals surface area contributed by atoms with Gasteiger partial charge in [0.2, 0.25) is 0 Å². The molecule has 13 heavy (non-hydrogen) atoms. The van der Waals surface area contributed by atoms with Gasteiger partial charge in [0.25, 0.3) is 5.91 Å². The molecule has 1 heterocycles. The zero-order valence-corrected chi connectivity index (χ0v) is 7.06. The average Bonchev–Trinajstić information content (AvgIpc) is 2.17. The first-order valence-electron chi connectivity index (χ1n) is 3.69. The van der Waals surface area contributed by atoms with Gasteiger partial charge in [-0.1, -0.05) is 6.07 Å². The summed E-state index contributed by atoms with van der Waals surface area (Å²) in [5, 5.41) is 19.9. The molecule has 3 N–H and O–H groups in total. The molecular formula is C7H9BN2O3. The van der Waals surface area contributed by atoms with Crippen molar-refractivity contribution in [2.24, 2.45) is 0 Å². The minimum absolute atomic E-state index is 0.243. The van der Waals surface area contributed by atoms with Gasteiger partial charge in [0.1, 0.15) is 5.69 Å². The number of carbonyl (C=O) groups is 1. The van der Waals surface area contributed by atoms with E-state index in [4.69, 9.17) is 10.0 Å². The monoisotopic (exact) mass is 180 g/mol. The minimum Gasteiger partial charge on any atom is -0.423 e. The van der Waals surface area contributed by atoms with Crippen LogP contribution >= 0.6 is 0 Å². The summed E-state index contributed by atoms with van der Waals surface area (Å²) >= 11 is 0. The number of amides is 1. The van der Waals surface area contributed by atoms with E-state index >= 15 is 0 Å². The number of hydrogen-bond donors (Lipinski definition) is 3. The van der Waals surface area contributed by atoms with Crippen LogP contribution < -0.4 is 10.8 Å². The zero-order chi connectivity index (χ0) is 9.84. The maximum atomic E-state index is 11.0.